The Kier molecular flexibility index (Phi) is 3.61. The van der Waals surface area contributed by atoms with Gasteiger partial charge in [-0.15, -0.1) is 11.3 Å². The summed E-state index contributed by atoms with van der Waals surface area (Å²) in [6.07, 6.45) is 4.05. The number of nitrogen functional groups attached to an aromatic ring is 1. The number of aromatic nitrogens is 1. The SMILES string of the molecule is Nc1cccc(/C=C/c2nc(-c3ccccc3)cs2)c1. The summed E-state index contributed by atoms with van der Waals surface area (Å²) in [7, 11) is 0. The Bertz CT molecular complexity index is 730. The second kappa shape index (κ2) is 5.72. The molecule has 2 N–H and O–H groups in total. The Hall–Kier alpha value is -2.39. The Morgan fingerprint density at radius 3 is 2.60 bits per heavy atom. The predicted octanol–water partition coefficient (Wildman–Crippen LogP) is 4.56. The highest BCUT2D eigenvalue weighted by atomic mass is 32.1. The fourth-order valence-corrected chi connectivity index (χ4v) is 2.65. The summed E-state index contributed by atoms with van der Waals surface area (Å²) in [5.41, 5.74) is 9.78. The van der Waals surface area contributed by atoms with Crippen LogP contribution in [-0.2, 0) is 0 Å². The molecule has 20 heavy (non-hydrogen) atoms. The molecule has 0 aliphatic carbocycles. The molecule has 98 valence electrons. The lowest BCUT2D eigenvalue weighted by Gasteiger charge is -1.95. The number of thiazole rings is 1. The maximum atomic E-state index is 5.76. The second-order valence-corrected chi connectivity index (χ2v) is 5.33. The van der Waals surface area contributed by atoms with Crippen molar-refractivity contribution in [3.05, 3.63) is 70.5 Å². The van der Waals surface area contributed by atoms with Gasteiger partial charge in [-0.1, -0.05) is 48.5 Å². The van der Waals surface area contributed by atoms with Crippen LogP contribution < -0.4 is 5.73 Å². The van der Waals surface area contributed by atoms with Crippen LogP contribution in [0.4, 0.5) is 5.69 Å². The highest BCUT2D eigenvalue weighted by Gasteiger charge is 2.01. The summed E-state index contributed by atoms with van der Waals surface area (Å²) in [6, 6.07) is 18.0. The molecule has 0 radical (unpaired) electrons. The molecule has 2 nitrogen and oxygen atoms in total. The summed E-state index contributed by atoms with van der Waals surface area (Å²) >= 11 is 1.64. The summed E-state index contributed by atoms with van der Waals surface area (Å²) in [6.45, 7) is 0. The van der Waals surface area contributed by atoms with E-state index in [0.29, 0.717) is 0 Å². The van der Waals surface area contributed by atoms with Gasteiger partial charge in [0.05, 0.1) is 5.69 Å². The van der Waals surface area contributed by atoms with Crippen molar-refractivity contribution in [1.82, 2.24) is 4.98 Å². The molecule has 0 saturated heterocycles. The van der Waals surface area contributed by atoms with Crippen molar-refractivity contribution in [2.75, 3.05) is 5.73 Å². The van der Waals surface area contributed by atoms with Crippen molar-refractivity contribution >= 4 is 29.2 Å². The molecule has 3 heteroatoms. The number of hydrogen-bond acceptors (Lipinski definition) is 3. The van der Waals surface area contributed by atoms with Crippen LogP contribution >= 0.6 is 11.3 Å². The average Bonchev–Trinajstić information content (AvgIpc) is 2.95. The molecule has 0 fully saturated rings. The average molecular weight is 278 g/mol. The Morgan fingerprint density at radius 2 is 1.80 bits per heavy atom. The van der Waals surface area contributed by atoms with Gasteiger partial charge in [0.25, 0.3) is 0 Å². The number of nitrogens with zero attached hydrogens (tertiary/aromatic N) is 1. The normalized spacial score (nSPS) is 11.0. The fraction of sp³-hybridized carbons (Fsp3) is 0. The highest BCUT2D eigenvalue weighted by Crippen LogP contribution is 2.22. The van der Waals surface area contributed by atoms with Crippen LogP contribution in [0.15, 0.2) is 60.0 Å². The maximum Gasteiger partial charge on any atom is 0.116 e. The van der Waals surface area contributed by atoms with Crippen molar-refractivity contribution in [2.45, 2.75) is 0 Å². The van der Waals surface area contributed by atoms with E-state index in [2.05, 4.69) is 22.5 Å². The molecule has 0 aliphatic heterocycles. The molecule has 2 aromatic carbocycles. The summed E-state index contributed by atoms with van der Waals surface area (Å²) in [4.78, 5) is 4.62. The Balaban J connectivity index is 1.81. The van der Waals surface area contributed by atoms with E-state index in [1.54, 1.807) is 11.3 Å². The molecule has 0 unspecified atom stereocenters. The lowest BCUT2D eigenvalue weighted by atomic mass is 10.2. The monoisotopic (exact) mass is 278 g/mol. The molecule has 3 rings (SSSR count). The minimum Gasteiger partial charge on any atom is -0.399 e. The third-order valence-electron chi connectivity index (χ3n) is 2.92. The number of hydrogen-bond donors (Lipinski definition) is 1. The van der Waals surface area contributed by atoms with Crippen molar-refractivity contribution < 1.29 is 0 Å². The van der Waals surface area contributed by atoms with Gasteiger partial charge in [-0.3, -0.25) is 0 Å². The van der Waals surface area contributed by atoms with Crippen LogP contribution in [0.1, 0.15) is 10.6 Å². The largest absolute Gasteiger partial charge is 0.399 e. The highest BCUT2D eigenvalue weighted by molar-refractivity contribution is 7.10. The van der Waals surface area contributed by atoms with E-state index in [0.717, 1.165) is 27.5 Å². The first-order valence-corrected chi connectivity index (χ1v) is 7.24. The molecule has 3 aromatic rings. The molecule has 0 atom stereocenters. The van der Waals surface area contributed by atoms with Gasteiger partial charge in [-0.25, -0.2) is 4.98 Å². The lowest BCUT2D eigenvalue weighted by molar-refractivity contribution is 1.38. The van der Waals surface area contributed by atoms with E-state index in [-0.39, 0.29) is 0 Å². The van der Waals surface area contributed by atoms with Crippen LogP contribution in [0.25, 0.3) is 23.4 Å². The van der Waals surface area contributed by atoms with Crippen molar-refractivity contribution in [3.8, 4) is 11.3 Å². The molecular formula is C17H14N2S. The van der Waals surface area contributed by atoms with E-state index >= 15 is 0 Å². The molecular weight excluding hydrogens is 264 g/mol. The second-order valence-electron chi connectivity index (χ2n) is 4.44. The van der Waals surface area contributed by atoms with Gasteiger partial charge in [-0.05, 0) is 23.8 Å². The Morgan fingerprint density at radius 1 is 0.950 bits per heavy atom. The van der Waals surface area contributed by atoms with Crippen LogP contribution in [-0.4, -0.2) is 4.98 Å². The van der Waals surface area contributed by atoms with E-state index in [1.165, 1.54) is 0 Å². The molecule has 0 spiro atoms. The standard InChI is InChI=1S/C17H14N2S/c18-15-8-4-5-13(11-15)9-10-17-19-16(12-20-17)14-6-2-1-3-7-14/h1-12H,18H2/b10-9+. The lowest BCUT2D eigenvalue weighted by Crippen LogP contribution is -1.83. The molecule has 1 heterocycles. The fourth-order valence-electron chi connectivity index (χ4n) is 1.94. The van der Waals surface area contributed by atoms with Crippen LogP contribution in [0.3, 0.4) is 0 Å². The summed E-state index contributed by atoms with van der Waals surface area (Å²) in [5.74, 6) is 0. The molecule has 0 saturated carbocycles. The smallest absolute Gasteiger partial charge is 0.116 e. The predicted molar refractivity (Wildman–Crippen MR) is 87.3 cm³/mol. The quantitative estimate of drug-likeness (QED) is 0.713. The molecule has 0 bridgehead atoms. The summed E-state index contributed by atoms with van der Waals surface area (Å²) < 4.78 is 0. The summed E-state index contributed by atoms with van der Waals surface area (Å²) in [5, 5.41) is 3.07. The first kappa shape index (κ1) is 12.6. The van der Waals surface area contributed by atoms with Gasteiger partial charge in [-0.2, -0.15) is 0 Å². The van der Waals surface area contributed by atoms with E-state index in [9.17, 15) is 0 Å². The van der Waals surface area contributed by atoms with Gasteiger partial charge >= 0.3 is 0 Å². The van der Waals surface area contributed by atoms with Gasteiger partial charge < -0.3 is 5.73 Å². The van der Waals surface area contributed by atoms with Crippen molar-refractivity contribution in [2.24, 2.45) is 0 Å². The minimum atomic E-state index is 0.774. The number of rotatable bonds is 3. The van der Waals surface area contributed by atoms with Crippen LogP contribution in [0.5, 0.6) is 0 Å². The van der Waals surface area contributed by atoms with Crippen molar-refractivity contribution in [3.63, 3.8) is 0 Å². The van der Waals surface area contributed by atoms with Gasteiger partial charge in [0.15, 0.2) is 0 Å². The first-order chi connectivity index (χ1) is 9.81. The molecule has 0 amide bonds. The van der Waals surface area contributed by atoms with E-state index in [1.807, 2.05) is 54.6 Å². The van der Waals surface area contributed by atoms with Gasteiger partial charge in [0.1, 0.15) is 5.01 Å². The van der Waals surface area contributed by atoms with Gasteiger partial charge in [0, 0.05) is 16.6 Å². The van der Waals surface area contributed by atoms with E-state index in [4.69, 9.17) is 5.73 Å². The zero-order chi connectivity index (χ0) is 13.8. The third kappa shape index (κ3) is 2.95. The van der Waals surface area contributed by atoms with E-state index < -0.39 is 0 Å². The minimum absolute atomic E-state index is 0.774. The first-order valence-electron chi connectivity index (χ1n) is 6.36. The number of anilines is 1. The number of nitrogens with two attached hydrogens (primary N) is 1. The topological polar surface area (TPSA) is 38.9 Å². The zero-order valence-corrected chi connectivity index (χ0v) is 11.7. The third-order valence-corrected chi connectivity index (χ3v) is 3.73. The van der Waals surface area contributed by atoms with Crippen molar-refractivity contribution in [1.29, 1.82) is 0 Å². The van der Waals surface area contributed by atoms with Gasteiger partial charge in [0.2, 0.25) is 0 Å². The number of benzene rings is 2. The molecule has 0 aliphatic rings. The van der Waals surface area contributed by atoms with Crippen LogP contribution in [0.2, 0.25) is 0 Å². The Labute approximate surface area is 122 Å². The maximum absolute atomic E-state index is 5.76. The van der Waals surface area contributed by atoms with Crippen LogP contribution in [0, 0.1) is 0 Å². The molecule has 1 aromatic heterocycles. The zero-order valence-electron chi connectivity index (χ0n) is 10.9.